The Kier molecular flexibility index (Phi) is 3.69. The number of aliphatic carboxylic acids is 1. The smallest absolute Gasteiger partial charge is 0.318 e. The molecular weight excluding hydrogens is 251 g/mol. The first-order chi connectivity index (χ1) is 7.74. The number of nitrogens with one attached hydrogen (secondary N) is 1. The molecule has 0 aromatic heterocycles. The highest BCUT2D eigenvalue weighted by atomic mass is 32.2. The highest BCUT2D eigenvalue weighted by molar-refractivity contribution is 7.89. The van der Waals surface area contributed by atoms with Crippen LogP contribution in [0.5, 0.6) is 0 Å². The number of hydrogen-bond acceptors (Lipinski definition) is 4. The molecule has 0 bridgehead atoms. The number of nitrogens with two attached hydrogens (primary N) is 1. The molecule has 1 rings (SSSR count). The van der Waals surface area contributed by atoms with Crippen molar-refractivity contribution in [3.05, 3.63) is 23.5 Å². The fourth-order valence-electron chi connectivity index (χ4n) is 1.19. The SMILES string of the molecule is Cc1cc(F)c(N)cc1S(=O)(=O)NCC(=O)O. The van der Waals surface area contributed by atoms with Gasteiger partial charge in [0.2, 0.25) is 10.0 Å². The monoisotopic (exact) mass is 262 g/mol. The number of halogens is 1. The standard InChI is InChI=1S/C9H11FN2O4S/c1-5-2-6(10)7(11)3-8(5)17(15,16)12-4-9(13)14/h2-3,12H,4,11H2,1H3,(H,13,14). The summed E-state index contributed by atoms with van der Waals surface area (Å²) in [5.41, 5.74) is 5.09. The highest BCUT2D eigenvalue weighted by Gasteiger charge is 2.19. The average molecular weight is 262 g/mol. The van der Waals surface area contributed by atoms with Crippen molar-refractivity contribution < 1.29 is 22.7 Å². The predicted molar refractivity (Wildman–Crippen MR) is 58.4 cm³/mol. The maximum absolute atomic E-state index is 13.0. The van der Waals surface area contributed by atoms with Crippen molar-refractivity contribution in [2.75, 3.05) is 12.3 Å². The van der Waals surface area contributed by atoms with E-state index in [1.807, 2.05) is 4.72 Å². The molecule has 0 saturated carbocycles. The third-order valence-corrected chi connectivity index (χ3v) is 3.54. The number of carboxylic acids is 1. The van der Waals surface area contributed by atoms with Crippen LogP contribution in [0.3, 0.4) is 0 Å². The molecule has 94 valence electrons. The number of aryl methyl sites for hydroxylation is 1. The van der Waals surface area contributed by atoms with Crippen LogP contribution in [-0.4, -0.2) is 26.0 Å². The van der Waals surface area contributed by atoms with Crippen LogP contribution in [0, 0.1) is 12.7 Å². The molecule has 17 heavy (non-hydrogen) atoms. The van der Waals surface area contributed by atoms with E-state index in [9.17, 15) is 17.6 Å². The second-order valence-corrected chi connectivity index (χ2v) is 5.09. The van der Waals surface area contributed by atoms with Gasteiger partial charge in [-0.05, 0) is 24.6 Å². The fraction of sp³-hybridized carbons (Fsp3) is 0.222. The van der Waals surface area contributed by atoms with Crippen LogP contribution in [0.1, 0.15) is 5.56 Å². The van der Waals surface area contributed by atoms with E-state index in [1.54, 1.807) is 0 Å². The van der Waals surface area contributed by atoms with Crippen LogP contribution in [0.2, 0.25) is 0 Å². The molecular formula is C9H11FN2O4S. The Morgan fingerprint density at radius 3 is 2.65 bits per heavy atom. The van der Waals surface area contributed by atoms with Gasteiger partial charge in [-0.15, -0.1) is 0 Å². The summed E-state index contributed by atoms with van der Waals surface area (Å²) in [6.07, 6.45) is 0. The molecule has 8 heteroatoms. The molecule has 0 aliphatic carbocycles. The van der Waals surface area contributed by atoms with Crippen molar-refractivity contribution in [3.8, 4) is 0 Å². The molecule has 4 N–H and O–H groups in total. The minimum absolute atomic E-state index is 0.148. The summed E-state index contributed by atoms with van der Waals surface area (Å²) in [5, 5.41) is 8.38. The van der Waals surface area contributed by atoms with Crippen LogP contribution in [0.25, 0.3) is 0 Å². The molecule has 0 unspecified atom stereocenters. The molecule has 0 aliphatic heterocycles. The molecule has 0 amide bonds. The van der Waals surface area contributed by atoms with Gasteiger partial charge in [-0.2, -0.15) is 4.72 Å². The molecule has 0 fully saturated rings. The molecule has 0 radical (unpaired) electrons. The minimum Gasteiger partial charge on any atom is -0.480 e. The topological polar surface area (TPSA) is 109 Å². The Bertz CT molecular complexity index is 556. The van der Waals surface area contributed by atoms with Crippen LogP contribution in [-0.2, 0) is 14.8 Å². The zero-order chi connectivity index (χ0) is 13.2. The maximum atomic E-state index is 13.0. The Morgan fingerprint density at radius 1 is 1.53 bits per heavy atom. The van der Waals surface area contributed by atoms with E-state index in [2.05, 4.69) is 0 Å². The molecule has 6 nitrogen and oxygen atoms in total. The zero-order valence-corrected chi connectivity index (χ0v) is 9.71. The normalized spacial score (nSPS) is 11.4. The van der Waals surface area contributed by atoms with E-state index in [4.69, 9.17) is 10.8 Å². The van der Waals surface area contributed by atoms with Crippen LogP contribution in [0.15, 0.2) is 17.0 Å². The van der Waals surface area contributed by atoms with Gasteiger partial charge in [0, 0.05) is 0 Å². The molecule has 0 atom stereocenters. The number of rotatable bonds is 4. The lowest BCUT2D eigenvalue weighted by molar-refractivity contribution is -0.135. The van der Waals surface area contributed by atoms with Gasteiger partial charge < -0.3 is 10.8 Å². The van der Waals surface area contributed by atoms with E-state index in [1.165, 1.54) is 6.92 Å². The quantitative estimate of drug-likeness (QED) is 0.666. The van der Waals surface area contributed by atoms with Crippen LogP contribution >= 0.6 is 0 Å². The lowest BCUT2D eigenvalue weighted by Gasteiger charge is -2.09. The van der Waals surface area contributed by atoms with Gasteiger partial charge >= 0.3 is 5.97 Å². The second-order valence-electron chi connectivity index (χ2n) is 3.36. The Morgan fingerprint density at radius 2 is 2.12 bits per heavy atom. The van der Waals surface area contributed by atoms with Crippen LogP contribution < -0.4 is 10.5 Å². The first-order valence-corrected chi connectivity index (χ1v) is 5.99. The first-order valence-electron chi connectivity index (χ1n) is 4.51. The van der Waals surface area contributed by atoms with Crippen molar-refractivity contribution in [2.24, 2.45) is 0 Å². The van der Waals surface area contributed by atoms with Crippen molar-refractivity contribution >= 4 is 21.7 Å². The van der Waals surface area contributed by atoms with Gasteiger partial charge in [0.1, 0.15) is 12.4 Å². The lowest BCUT2D eigenvalue weighted by atomic mass is 10.2. The van der Waals surface area contributed by atoms with Crippen LogP contribution in [0.4, 0.5) is 10.1 Å². The number of nitrogen functional groups attached to an aromatic ring is 1. The molecule has 1 aromatic carbocycles. The number of carbonyl (C=O) groups is 1. The molecule has 0 spiro atoms. The molecule has 0 heterocycles. The summed E-state index contributed by atoms with van der Waals surface area (Å²) in [6.45, 7) is 0.636. The molecule has 0 saturated heterocycles. The molecule has 0 aliphatic rings. The summed E-state index contributed by atoms with van der Waals surface area (Å²) in [6, 6.07) is 1.93. The van der Waals surface area contributed by atoms with Crippen molar-refractivity contribution in [1.29, 1.82) is 0 Å². The summed E-state index contributed by atoms with van der Waals surface area (Å²) in [4.78, 5) is 10.0. The van der Waals surface area contributed by atoms with Crippen molar-refractivity contribution in [3.63, 3.8) is 0 Å². The zero-order valence-electron chi connectivity index (χ0n) is 8.90. The maximum Gasteiger partial charge on any atom is 0.318 e. The van der Waals surface area contributed by atoms with E-state index >= 15 is 0 Å². The fourth-order valence-corrected chi connectivity index (χ4v) is 2.43. The van der Waals surface area contributed by atoms with Gasteiger partial charge in [0.05, 0.1) is 10.6 Å². The van der Waals surface area contributed by atoms with Crippen molar-refractivity contribution in [1.82, 2.24) is 4.72 Å². The minimum atomic E-state index is -4.00. The third kappa shape index (κ3) is 3.14. The first kappa shape index (κ1) is 13.4. The lowest BCUT2D eigenvalue weighted by Crippen LogP contribution is -2.30. The van der Waals surface area contributed by atoms with E-state index in [-0.39, 0.29) is 16.1 Å². The number of carboxylic acid groups (broad SMARTS) is 1. The summed E-state index contributed by atoms with van der Waals surface area (Å²) in [7, 11) is -4.00. The third-order valence-electron chi connectivity index (χ3n) is 2.00. The number of hydrogen-bond donors (Lipinski definition) is 3. The van der Waals surface area contributed by atoms with Gasteiger partial charge in [-0.1, -0.05) is 0 Å². The Balaban J connectivity index is 3.15. The van der Waals surface area contributed by atoms with Crippen molar-refractivity contribution in [2.45, 2.75) is 11.8 Å². The highest BCUT2D eigenvalue weighted by Crippen LogP contribution is 2.21. The Hall–Kier alpha value is -1.67. The predicted octanol–water partition coefficient (Wildman–Crippen LogP) is 0.0792. The summed E-state index contributed by atoms with van der Waals surface area (Å²) >= 11 is 0. The second kappa shape index (κ2) is 4.68. The molecule has 1 aromatic rings. The summed E-state index contributed by atoms with van der Waals surface area (Å²) in [5.74, 6) is -2.04. The van der Waals surface area contributed by atoms with Gasteiger partial charge in [0.15, 0.2) is 0 Å². The van der Waals surface area contributed by atoms with E-state index < -0.39 is 28.4 Å². The van der Waals surface area contributed by atoms with E-state index in [0.29, 0.717) is 0 Å². The average Bonchev–Trinajstić information content (AvgIpc) is 2.20. The number of anilines is 1. The number of benzene rings is 1. The summed E-state index contributed by atoms with van der Waals surface area (Å²) < 4.78 is 38.2. The van der Waals surface area contributed by atoms with Gasteiger partial charge in [-0.3, -0.25) is 4.79 Å². The van der Waals surface area contributed by atoms with Gasteiger partial charge in [0.25, 0.3) is 0 Å². The largest absolute Gasteiger partial charge is 0.480 e. The van der Waals surface area contributed by atoms with Gasteiger partial charge in [-0.25, -0.2) is 12.8 Å². The number of sulfonamides is 1. The Labute approximate surface area is 97.3 Å². The van der Waals surface area contributed by atoms with E-state index in [0.717, 1.165) is 12.1 Å².